The zero-order chi connectivity index (χ0) is 12.3. The van der Waals surface area contributed by atoms with Crippen LogP contribution in [0, 0.1) is 12.7 Å². The maximum absolute atomic E-state index is 12.8. The van der Waals surface area contributed by atoms with Crippen LogP contribution in [0.25, 0.3) is 0 Å². The molecule has 2 aromatic rings. The van der Waals surface area contributed by atoms with Crippen molar-refractivity contribution in [1.29, 1.82) is 0 Å². The number of anilines is 1. The standard InChI is InChI=1S/C13H14FN3/c1-9-3-8-13(17-16-9)15-10(2)11-4-6-12(14)7-5-11/h3-8,10H,1-2H3,(H,15,17). The van der Waals surface area contributed by atoms with E-state index in [2.05, 4.69) is 15.5 Å². The lowest BCUT2D eigenvalue weighted by Gasteiger charge is -2.14. The number of rotatable bonds is 3. The van der Waals surface area contributed by atoms with E-state index in [-0.39, 0.29) is 11.9 Å². The summed E-state index contributed by atoms with van der Waals surface area (Å²) in [6, 6.07) is 10.3. The summed E-state index contributed by atoms with van der Waals surface area (Å²) in [5.41, 5.74) is 1.89. The Balaban J connectivity index is 2.08. The Morgan fingerprint density at radius 2 is 1.76 bits per heavy atom. The predicted octanol–water partition coefficient (Wildman–Crippen LogP) is 3.10. The molecule has 88 valence electrons. The average Bonchev–Trinajstić information content (AvgIpc) is 2.33. The lowest BCUT2D eigenvalue weighted by molar-refractivity contribution is 0.626. The SMILES string of the molecule is Cc1ccc(NC(C)c2ccc(F)cc2)nn1. The van der Waals surface area contributed by atoms with E-state index in [1.165, 1.54) is 12.1 Å². The van der Waals surface area contributed by atoms with Crippen LogP contribution in [0.15, 0.2) is 36.4 Å². The van der Waals surface area contributed by atoms with Crippen molar-refractivity contribution in [2.45, 2.75) is 19.9 Å². The van der Waals surface area contributed by atoms with Gasteiger partial charge in [-0.2, -0.15) is 5.10 Å². The van der Waals surface area contributed by atoms with Crippen molar-refractivity contribution in [1.82, 2.24) is 10.2 Å². The van der Waals surface area contributed by atoms with Gasteiger partial charge in [-0.15, -0.1) is 5.10 Å². The van der Waals surface area contributed by atoms with Crippen molar-refractivity contribution < 1.29 is 4.39 Å². The molecule has 1 heterocycles. The molecule has 0 aliphatic rings. The van der Waals surface area contributed by atoms with Crippen molar-refractivity contribution in [3.63, 3.8) is 0 Å². The van der Waals surface area contributed by atoms with Crippen molar-refractivity contribution in [3.05, 3.63) is 53.5 Å². The first-order chi connectivity index (χ1) is 8.15. The molecular weight excluding hydrogens is 217 g/mol. The highest BCUT2D eigenvalue weighted by Gasteiger charge is 2.06. The Morgan fingerprint density at radius 1 is 1.06 bits per heavy atom. The summed E-state index contributed by atoms with van der Waals surface area (Å²) in [5.74, 6) is 0.489. The fraction of sp³-hybridized carbons (Fsp3) is 0.231. The molecule has 1 unspecified atom stereocenters. The minimum atomic E-state index is -0.226. The minimum absolute atomic E-state index is 0.0626. The largest absolute Gasteiger partial charge is 0.362 e. The third-order valence-corrected chi connectivity index (χ3v) is 2.53. The quantitative estimate of drug-likeness (QED) is 0.882. The van der Waals surface area contributed by atoms with Crippen LogP contribution in [-0.2, 0) is 0 Å². The third kappa shape index (κ3) is 3.00. The molecule has 0 saturated carbocycles. The predicted molar refractivity (Wildman–Crippen MR) is 65.2 cm³/mol. The van der Waals surface area contributed by atoms with Gasteiger partial charge in [0, 0.05) is 0 Å². The molecule has 0 amide bonds. The molecule has 0 bridgehead atoms. The molecule has 3 nitrogen and oxygen atoms in total. The van der Waals surface area contributed by atoms with Gasteiger partial charge in [0.2, 0.25) is 0 Å². The van der Waals surface area contributed by atoms with Crippen LogP contribution in [0.2, 0.25) is 0 Å². The number of nitrogens with one attached hydrogen (secondary N) is 1. The van der Waals surface area contributed by atoms with Crippen LogP contribution in [0.4, 0.5) is 10.2 Å². The molecule has 1 aromatic carbocycles. The maximum atomic E-state index is 12.8. The summed E-state index contributed by atoms with van der Waals surface area (Å²) in [7, 11) is 0. The number of hydrogen-bond acceptors (Lipinski definition) is 3. The molecule has 0 aliphatic carbocycles. The third-order valence-electron chi connectivity index (χ3n) is 2.53. The van der Waals surface area contributed by atoms with Crippen LogP contribution < -0.4 is 5.32 Å². The first-order valence-corrected chi connectivity index (χ1v) is 5.47. The van der Waals surface area contributed by atoms with Gasteiger partial charge in [0.05, 0.1) is 11.7 Å². The molecule has 0 radical (unpaired) electrons. The highest BCUT2D eigenvalue weighted by Crippen LogP contribution is 2.17. The first-order valence-electron chi connectivity index (χ1n) is 5.47. The lowest BCUT2D eigenvalue weighted by Crippen LogP contribution is -2.08. The van der Waals surface area contributed by atoms with E-state index in [0.717, 1.165) is 11.3 Å². The second-order valence-electron chi connectivity index (χ2n) is 3.98. The van der Waals surface area contributed by atoms with Crippen molar-refractivity contribution in [3.8, 4) is 0 Å². The summed E-state index contributed by atoms with van der Waals surface area (Å²) in [6.07, 6.45) is 0. The highest BCUT2D eigenvalue weighted by molar-refractivity contribution is 5.37. The monoisotopic (exact) mass is 231 g/mol. The molecular formula is C13H14FN3. The number of aryl methyl sites for hydroxylation is 1. The molecule has 1 aromatic heterocycles. The molecule has 1 N–H and O–H groups in total. The van der Waals surface area contributed by atoms with Crippen LogP contribution in [-0.4, -0.2) is 10.2 Å². The van der Waals surface area contributed by atoms with Gasteiger partial charge in [-0.05, 0) is 43.7 Å². The van der Waals surface area contributed by atoms with Gasteiger partial charge in [-0.3, -0.25) is 0 Å². The van der Waals surface area contributed by atoms with Crippen LogP contribution >= 0.6 is 0 Å². The van der Waals surface area contributed by atoms with Crippen LogP contribution in [0.3, 0.4) is 0 Å². The molecule has 1 atom stereocenters. The van der Waals surface area contributed by atoms with Crippen molar-refractivity contribution in [2.75, 3.05) is 5.32 Å². The Labute approximate surface area is 99.7 Å². The van der Waals surface area contributed by atoms with Gasteiger partial charge in [-0.1, -0.05) is 12.1 Å². The molecule has 0 spiro atoms. The summed E-state index contributed by atoms with van der Waals surface area (Å²) in [5, 5.41) is 11.2. The van der Waals surface area contributed by atoms with Gasteiger partial charge < -0.3 is 5.32 Å². The molecule has 4 heteroatoms. The molecule has 0 aliphatic heterocycles. The van der Waals surface area contributed by atoms with Crippen molar-refractivity contribution >= 4 is 5.82 Å². The normalized spacial score (nSPS) is 12.2. The van der Waals surface area contributed by atoms with Crippen LogP contribution in [0.1, 0.15) is 24.2 Å². The molecule has 0 fully saturated rings. The Hall–Kier alpha value is -1.97. The van der Waals surface area contributed by atoms with E-state index >= 15 is 0 Å². The highest BCUT2D eigenvalue weighted by atomic mass is 19.1. The van der Waals surface area contributed by atoms with Gasteiger partial charge in [0.25, 0.3) is 0 Å². The van der Waals surface area contributed by atoms with E-state index in [1.54, 1.807) is 12.1 Å². The summed E-state index contributed by atoms with van der Waals surface area (Å²) >= 11 is 0. The first kappa shape index (κ1) is 11.5. The van der Waals surface area contributed by atoms with Crippen molar-refractivity contribution in [2.24, 2.45) is 0 Å². The van der Waals surface area contributed by atoms with E-state index < -0.39 is 0 Å². The van der Waals surface area contributed by atoms with E-state index in [9.17, 15) is 4.39 Å². The minimum Gasteiger partial charge on any atom is -0.362 e. The van der Waals surface area contributed by atoms with Gasteiger partial charge in [0.1, 0.15) is 11.6 Å². The summed E-state index contributed by atoms with van der Waals surface area (Å²) < 4.78 is 12.8. The van der Waals surface area contributed by atoms with E-state index in [1.807, 2.05) is 26.0 Å². The lowest BCUT2D eigenvalue weighted by atomic mass is 10.1. The fourth-order valence-electron chi connectivity index (χ4n) is 1.53. The Morgan fingerprint density at radius 3 is 2.35 bits per heavy atom. The zero-order valence-corrected chi connectivity index (χ0v) is 9.81. The number of aromatic nitrogens is 2. The number of nitrogens with zero attached hydrogens (tertiary/aromatic N) is 2. The van der Waals surface area contributed by atoms with E-state index in [4.69, 9.17) is 0 Å². The number of halogens is 1. The second kappa shape index (κ2) is 4.91. The van der Waals surface area contributed by atoms with Gasteiger partial charge in [0.15, 0.2) is 0 Å². The summed E-state index contributed by atoms with van der Waals surface area (Å²) in [4.78, 5) is 0. The second-order valence-corrected chi connectivity index (χ2v) is 3.98. The molecule has 2 rings (SSSR count). The van der Waals surface area contributed by atoms with E-state index in [0.29, 0.717) is 5.82 Å². The summed E-state index contributed by atoms with van der Waals surface area (Å²) in [6.45, 7) is 3.88. The van der Waals surface area contributed by atoms with Crippen LogP contribution in [0.5, 0.6) is 0 Å². The van der Waals surface area contributed by atoms with Gasteiger partial charge >= 0.3 is 0 Å². The Bertz CT molecular complexity index is 479. The number of hydrogen-bond donors (Lipinski definition) is 1. The van der Waals surface area contributed by atoms with Gasteiger partial charge in [-0.25, -0.2) is 4.39 Å². The average molecular weight is 231 g/mol. The fourth-order valence-corrected chi connectivity index (χ4v) is 1.53. The molecule has 0 saturated heterocycles. The Kier molecular flexibility index (Phi) is 3.32. The smallest absolute Gasteiger partial charge is 0.149 e. The zero-order valence-electron chi connectivity index (χ0n) is 9.81. The topological polar surface area (TPSA) is 37.8 Å². The maximum Gasteiger partial charge on any atom is 0.149 e. The number of benzene rings is 1. The molecule has 17 heavy (non-hydrogen) atoms.